The average molecular weight is 357 g/mol. The number of carbonyl (C=O) groups excluding carboxylic acids is 1. The zero-order valence-corrected chi connectivity index (χ0v) is 16.2. The Labute approximate surface area is 157 Å². The van der Waals surface area contributed by atoms with Gasteiger partial charge in [-0.25, -0.2) is 0 Å². The first kappa shape index (κ1) is 18.0. The van der Waals surface area contributed by atoms with E-state index in [-0.39, 0.29) is 11.8 Å². The van der Waals surface area contributed by atoms with Crippen LogP contribution in [0.1, 0.15) is 44.6 Å². The third kappa shape index (κ3) is 2.78. The highest BCUT2D eigenvalue weighted by atomic mass is 16.3. The van der Waals surface area contributed by atoms with Crippen LogP contribution in [0, 0.1) is 11.8 Å². The molecule has 1 aromatic carbocycles. The molecule has 4 nitrogen and oxygen atoms in total. The Morgan fingerprint density at radius 3 is 2.38 bits per heavy atom. The van der Waals surface area contributed by atoms with Crippen molar-refractivity contribution in [1.82, 2.24) is 9.80 Å². The molecule has 3 fully saturated rings. The maximum absolute atomic E-state index is 13.8. The molecule has 1 N–H and O–H groups in total. The summed E-state index contributed by atoms with van der Waals surface area (Å²) >= 11 is 0. The van der Waals surface area contributed by atoms with Crippen LogP contribution in [0.3, 0.4) is 0 Å². The van der Waals surface area contributed by atoms with Crippen LogP contribution in [0.25, 0.3) is 0 Å². The Hall–Kier alpha value is -1.39. The second kappa shape index (κ2) is 6.65. The molecule has 0 bridgehead atoms. The summed E-state index contributed by atoms with van der Waals surface area (Å²) in [6, 6.07) is 10.3. The molecule has 1 saturated carbocycles. The van der Waals surface area contributed by atoms with Crippen molar-refractivity contribution in [3.05, 3.63) is 35.9 Å². The number of piperidine rings is 1. The highest BCUT2D eigenvalue weighted by Gasteiger charge is 2.54. The van der Waals surface area contributed by atoms with Gasteiger partial charge in [-0.1, -0.05) is 43.7 Å². The summed E-state index contributed by atoms with van der Waals surface area (Å²) in [5, 5.41) is 11.3. The molecule has 4 rings (SSSR count). The molecule has 0 aromatic heterocycles. The molecular formula is C22H32N2O2. The van der Waals surface area contributed by atoms with E-state index in [1.165, 1.54) is 6.42 Å². The highest BCUT2D eigenvalue weighted by molar-refractivity contribution is 5.89. The number of hydrogen-bond donors (Lipinski definition) is 1. The fourth-order valence-corrected chi connectivity index (χ4v) is 5.30. The molecule has 26 heavy (non-hydrogen) atoms. The molecule has 142 valence electrons. The van der Waals surface area contributed by atoms with E-state index in [1.807, 2.05) is 23.1 Å². The van der Waals surface area contributed by atoms with Crippen LogP contribution in [-0.4, -0.2) is 59.6 Å². The number of likely N-dealkylation sites (tertiary alicyclic amines) is 2. The van der Waals surface area contributed by atoms with E-state index in [1.54, 1.807) is 0 Å². The second-order valence-corrected chi connectivity index (χ2v) is 8.96. The molecule has 2 heterocycles. The minimum absolute atomic E-state index is 0.163. The maximum Gasteiger partial charge on any atom is 0.233 e. The summed E-state index contributed by atoms with van der Waals surface area (Å²) in [7, 11) is 2.13. The number of hydrogen-bond acceptors (Lipinski definition) is 3. The van der Waals surface area contributed by atoms with Crippen LogP contribution in [0.4, 0.5) is 0 Å². The lowest BCUT2D eigenvalue weighted by molar-refractivity contribution is -0.140. The molecule has 2 aliphatic heterocycles. The maximum atomic E-state index is 13.8. The molecule has 1 aliphatic carbocycles. The van der Waals surface area contributed by atoms with Gasteiger partial charge >= 0.3 is 0 Å². The lowest BCUT2D eigenvalue weighted by Crippen LogP contribution is -2.53. The molecule has 0 spiro atoms. The number of rotatable bonds is 3. The van der Waals surface area contributed by atoms with Crippen LogP contribution >= 0.6 is 0 Å². The van der Waals surface area contributed by atoms with Crippen molar-refractivity contribution in [1.29, 1.82) is 0 Å². The van der Waals surface area contributed by atoms with E-state index in [0.29, 0.717) is 19.0 Å². The number of β-amino-alcohol motifs (C(OH)–C–C–N with tert-alkyl or cyclic N) is 1. The van der Waals surface area contributed by atoms with E-state index in [2.05, 4.69) is 31.0 Å². The molecule has 1 aromatic rings. The van der Waals surface area contributed by atoms with Gasteiger partial charge < -0.3 is 14.9 Å². The standard InChI is InChI=1S/C22H32N2O2/c1-17-15-24(16-22(17,26)19-9-6-10-19)20(25)21(11-13-23(2)14-12-21)18-7-4-3-5-8-18/h3-5,7-8,17,19,26H,6,9-16H2,1-2H3/t17-,22+/m1/s1. The lowest BCUT2D eigenvalue weighted by Gasteiger charge is -2.43. The van der Waals surface area contributed by atoms with Gasteiger partial charge in [0.2, 0.25) is 5.91 Å². The molecule has 0 radical (unpaired) electrons. The van der Waals surface area contributed by atoms with E-state index >= 15 is 0 Å². The summed E-state index contributed by atoms with van der Waals surface area (Å²) in [6.07, 6.45) is 5.15. The van der Waals surface area contributed by atoms with Crippen LogP contribution in [0.2, 0.25) is 0 Å². The molecular weight excluding hydrogens is 324 g/mol. The molecule has 3 aliphatic rings. The van der Waals surface area contributed by atoms with E-state index < -0.39 is 11.0 Å². The SMILES string of the molecule is C[C@@H]1CN(C(=O)C2(c3ccccc3)CCN(C)CC2)C[C@@]1(O)C1CCC1. The zero-order chi connectivity index (χ0) is 18.4. The Morgan fingerprint density at radius 2 is 1.81 bits per heavy atom. The number of carbonyl (C=O) groups is 1. The van der Waals surface area contributed by atoms with Crippen molar-refractivity contribution in [3.8, 4) is 0 Å². The third-order valence-corrected chi connectivity index (χ3v) is 7.47. The molecule has 4 heteroatoms. The minimum atomic E-state index is -0.683. The van der Waals surface area contributed by atoms with Gasteiger partial charge in [-0.2, -0.15) is 0 Å². The van der Waals surface area contributed by atoms with E-state index in [4.69, 9.17) is 0 Å². The molecule has 2 saturated heterocycles. The summed E-state index contributed by atoms with van der Waals surface area (Å²) in [5.41, 5.74) is 0.0279. The van der Waals surface area contributed by atoms with Gasteiger partial charge in [0, 0.05) is 12.5 Å². The van der Waals surface area contributed by atoms with Gasteiger partial charge in [-0.05, 0) is 57.3 Å². The number of amides is 1. The van der Waals surface area contributed by atoms with Gasteiger partial charge in [-0.15, -0.1) is 0 Å². The summed E-state index contributed by atoms with van der Waals surface area (Å²) in [5.74, 6) is 0.773. The smallest absolute Gasteiger partial charge is 0.233 e. The normalized spacial score (nSPS) is 32.4. The summed E-state index contributed by atoms with van der Waals surface area (Å²) in [4.78, 5) is 18.1. The van der Waals surface area contributed by atoms with Gasteiger partial charge in [0.1, 0.15) is 0 Å². The average Bonchev–Trinajstić information content (AvgIpc) is 2.90. The van der Waals surface area contributed by atoms with E-state index in [0.717, 1.165) is 44.3 Å². The minimum Gasteiger partial charge on any atom is -0.387 e. The molecule has 1 amide bonds. The quantitative estimate of drug-likeness (QED) is 0.905. The van der Waals surface area contributed by atoms with Crippen molar-refractivity contribution in [2.24, 2.45) is 11.8 Å². The zero-order valence-electron chi connectivity index (χ0n) is 16.2. The number of aliphatic hydroxyl groups is 1. The fourth-order valence-electron chi connectivity index (χ4n) is 5.30. The Balaban J connectivity index is 1.61. The van der Waals surface area contributed by atoms with Gasteiger partial charge in [0.05, 0.1) is 17.6 Å². The van der Waals surface area contributed by atoms with Gasteiger partial charge in [0.25, 0.3) is 0 Å². The molecule has 0 unspecified atom stereocenters. The van der Waals surface area contributed by atoms with Crippen molar-refractivity contribution >= 4 is 5.91 Å². The number of nitrogens with zero attached hydrogens (tertiary/aromatic N) is 2. The van der Waals surface area contributed by atoms with Crippen molar-refractivity contribution < 1.29 is 9.90 Å². The third-order valence-electron chi connectivity index (χ3n) is 7.47. The predicted molar refractivity (Wildman–Crippen MR) is 103 cm³/mol. The topological polar surface area (TPSA) is 43.8 Å². The molecule has 2 atom stereocenters. The first-order chi connectivity index (χ1) is 12.5. The van der Waals surface area contributed by atoms with Crippen molar-refractivity contribution in [2.45, 2.75) is 50.0 Å². The Bertz CT molecular complexity index is 649. The predicted octanol–water partition coefficient (Wildman–Crippen LogP) is 2.66. The van der Waals surface area contributed by atoms with Crippen LogP contribution < -0.4 is 0 Å². The van der Waals surface area contributed by atoms with Gasteiger partial charge in [-0.3, -0.25) is 4.79 Å². The first-order valence-electron chi connectivity index (χ1n) is 10.2. The van der Waals surface area contributed by atoms with Crippen molar-refractivity contribution in [2.75, 3.05) is 33.2 Å². The van der Waals surface area contributed by atoms with Gasteiger partial charge in [0.15, 0.2) is 0 Å². The van der Waals surface area contributed by atoms with Crippen molar-refractivity contribution in [3.63, 3.8) is 0 Å². The fraction of sp³-hybridized carbons (Fsp3) is 0.682. The summed E-state index contributed by atoms with van der Waals surface area (Å²) in [6.45, 7) is 5.21. The van der Waals surface area contributed by atoms with Crippen LogP contribution in [0.15, 0.2) is 30.3 Å². The highest BCUT2D eigenvalue weighted by Crippen LogP contribution is 2.46. The lowest BCUT2D eigenvalue weighted by atomic mass is 9.69. The number of benzene rings is 1. The van der Waals surface area contributed by atoms with E-state index in [9.17, 15) is 9.90 Å². The Morgan fingerprint density at radius 1 is 1.15 bits per heavy atom. The first-order valence-corrected chi connectivity index (χ1v) is 10.2. The van der Waals surface area contributed by atoms with Crippen LogP contribution in [0.5, 0.6) is 0 Å². The Kier molecular flexibility index (Phi) is 4.60. The summed E-state index contributed by atoms with van der Waals surface area (Å²) < 4.78 is 0. The largest absolute Gasteiger partial charge is 0.387 e. The van der Waals surface area contributed by atoms with Crippen LogP contribution in [-0.2, 0) is 10.2 Å². The second-order valence-electron chi connectivity index (χ2n) is 8.96. The monoisotopic (exact) mass is 356 g/mol.